The Bertz CT molecular complexity index is 1040. The molecule has 0 spiro atoms. The predicted molar refractivity (Wildman–Crippen MR) is 94.5 cm³/mol. The summed E-state index contributed by atoms with van der Waals surface area (Å²) in [6, 6.07) is 10.1. The summed E-state index contributed by atoms with van der Waals surface area (Å²) in [5.41, 5.74) is 0.581. The van der Waals surface area contributed by atoms with Crippen LogP contribution in [0.4, 0.5) is 4.39 Å². The monoisotopic (exact) mass is 375 g/mol. The van der Waals surface area contributed by atoms with Gasteiger partial charge in [-0.25, -0.2) is 12.8 Å². The van der Waals surface area contributed by atoms with Gasteiger partial charge in [0.1, 0.15) is 17.7 Å². The number of benzene rings is 2. The molecule has 1 aliphatic heterocycles. The molecule has 1 aliphatic rings. The number of aromatic nitrogens is 2. The first-order chi connectivity index (χ1) is 12.5. The van der Waals surface area contributed by atoms with E-state index in [0.29, 0.717) is 16.7 Å². The van der Waals surface area contributed by atoms with Gasteiger partial charge >= 0.3 is 0 Å². The zero-order chi connectivity index (χ0) is 18.1. The fourth-order valence-electron chi connectivity index (χ4n) is 3.10. The second-order valence-corrected chi connectivity index (χ2v) is 8.13. The lowest BCUT2D eigenvalue weighted by Gasteiger charge is -2.23. The van der Waals surface area contributed by atoms with Crippen LogP contribution in [0, 0.1) is 5.82 Å². The Hall–Kier alpha value is -2.45. The quantitative estimate of drug-likeness (QED) is 0.732. The van der Waals surface area contributed by atoms with Gasteiger partial charge in [-0.2, -0.15) is 5.10 Å². The molecule has 1 aromatic heterocycles. The van der Waals surface area contributed by atoms with E-state index in [1.807, 2.05) is 0 Å². The molecule has 0 saturated carbocycles. The Labute approximate surface area is 150 Å². The Kier molecular flexibility index (Phi) is 4.37. The van der Waals surface area contributed by atoms with Crippen molar-refractivity contribution in [2.45, 2.75) is 28.9 Å². The number of H-pyrrole nitrogens is 1. The lowest BCUT2D eigenvalue weighted by Crippen LogP contribution is -2.34. The molecule has 2 aromatic carbocycles. The Morgan fingerprint density at radius 2 is 1.92 bits per heavy atom. The molecule has 1 fully saturated rings. The molecule has 2 N–H and O–H groups in total. The maximum atomic E-state index is 13.5. The van der Waals surface area contributed by atoms with Gasteiger partial charge in [0.05, 0.1) is 10.4 Å². The van der Waals surface area contributed by atoms with E-state index in [-0.39, 0.29) is 16.0 Å². The van der Waals surface area contributed by atoms with Crippen molar-refractivity contribution >= 4 is 20.7 Å². The summed E-state index contributed by atoms with van der Waals surface area (Å²) < 4.78 is 45.2. The molecule has 0 amide bonds. The van der Waals surface area contributed by atoms with E-state index in [4.69, 9.17) is 4.74 Å². The number of rotatable bonds is 4. The van der Waals surface area contributed by atoms with E-state index in [0.717, 1.165) is 32.0 Å². The highest BCUT2D eigenvalue weighted by atomic mass is 32.2. The number of fused-ring (bicyclic) bond motifs is 1. The van der Waals surface area contributed by atoms with Gasteiger partial charge in [-0.15, -0.1) is 0 Å². The van der Waals surface area contributed by atoms with Gasteiger partial charge in [0.2, 0.25) is 9.84 Å². The standard InChI is InChI=1S/C18H18FN3O3S/c19-12-2-1-3-15(10-12)26(23,24)18-16-11-14(4-5-17(16)21-22-18)25-13-6-8-20-9-7-13/h1-5,10-11,13,20H,6-9H2,(H,21,22). The molecular formula is C18H18FN3O3S. The summed E-state index contributed by atoms with van der Waals surface area (Å²) in [4.78, 5) is -0.129. The highest BCUT2D eigenvalue weighted by Gasteiger charge is 2.25. The maximum absolute atomic E-state index is 13.5. The molecule has 4 rings (SSSR count). The molecule has 26 heavy (non-hydrogen) atoms. The summed E-state index contributed by atoms with van der Waals surface area (Å²) in [7, 11) is -3.94. The minimum absolute atomic E-state index is 0.101. The summed E-state index contributed by atoms with van der Waals surface area (Å²) in [5, 5.41) is 10.3. The van der Waals surface area contributed by atoms with Crippen LogP contribution in [0.2, 0.25) is 0 Å². The third kappa shape index (κ3) is 3.17. The number of piperidine rings is 1. The second-order valence-electron chi connectivity index (χ2n) is 6.26. The summed E-state index contributed by atoms with van der Waals surface area (Å²) in [6.45, 7) is 1.80. The van der Waals surface area contributed by atoms with E-state index >= 15 is 0 Å². The normalized spacial score (nSPS) is 16.0. The number of halogens is 1. The third-order valence-corrected chi connectivity index (χ3v) is 6.14. The molecule has 0 aliphatic carbocycles. The Morgan fingerprint density at radius 3 is 2.69 bits per heavy atom. The fraction of sp³-hybridized carbons (Fsp3) is 0.278. The molecule has 3 aromatic rings. The van der Waals surface area contributed by atoms with Crippen LogP contribution in [0.15, 0.2) is 52.4 Å². The molecule has 1 saturated heterocycles. The van der Waals surface area contributed by atoms with Crippen LogP contribution in [0.25, 0.3) is 10.9 Å². The van der Waals surface area contributed by atoms with E-state index < -0.39 is 15.7 Å². The van der Waals surface area contributed by atoms with Gasteiger partial charge < -0.3 is 10.1 Å². The molecule has 0 bridgehead atoms. The van der Waals surface area contributed by atoms with Crippen molar-refractivity contribution in [1.82, 2.24) is 15.5 Å². The van der Waals surface area contributed by atoms with Crippen LogP contribution in [0.3, 0.4) is 0 Å². The number of hydrogen-bond donors (Lipinski definition) is 2. The summed E-state index contributed by atoms with van der Waals surface area (Å²) in [6.07, 6.45) is 1.90. The lowest BCUT2D eigenvalue weighted by molar-refractivity contribution is 0.162. The van der Waals surface area contributed by atoms with Gasteiger partial charge in [-0.1, -0.05) is 6.07 Å². The number of hydrogen-bond acceptors (Lipinski definition) is 5. The van der Waals surface area contributed by atoms with Crippen molar-refractivity contribution in [2.24, 2.45) is 0 Å². The minimum atomic E-state index is -3.94. The SMILES string of the molecule is O=S(=O)(c1cccc(F)c1)c1n[nH]c2ccc(OC3CCNCC3)cc12. The fourth-order valence-corrected chi connectivity index (χ4v) is 4.47. The molecule has 2 heterocycles. The van der Waals surface area contributed by atoms with Crippen LogP contribution < -0.4 is 10.1 Å². The Morgan fingerprint density at radius 1 is 1.12 bits per heavy atom. The van der Waals surface area contributed by atoms with E-state index in [9.17, 15) is 12.8 Å². The molecule has 136 valence electrons. The average molecular weight is 375 g/mol. The topological polar surface area (TPSA) is 84.1 Å². The van der Waals surface area contributed by atoms with Crippen molar-refractivity contribution < 1.29 is 17.5 Å². The van der Waals surface area contributed by atoms with Crippen LogP contribution in [-0.2, 0) is 9.84 Å². The maximum Gasteiger partial charge on any atom is 0.226 e. The first-order valence-electron chi connectivity index (χ1n) is 8.40. The number of ether oxygens (including phenoxy) is 1. The highest BCUT2D eigenvalue weighted by molar-refractivity contribution is 7.91. The minimum Gasteiger partial charge on any atom is -0.490 e. The van der Waals surface area contributed by atoms with Crippen LogP contribution in [-0.4, -0.2) is 37.8 Å². The largest absolute Gasteiger partial charge is 0.490 e. The number of nitrogens with one attached hydrogen (secondary N) is 2. The third-order valence-electron chi connectivity index (χ3n) is 4.45. The zero-order valence-electron chi connectivity index (χ0n) is 13.9. The van der Waals surface area contributed by atoms with Gasteiger partial charge in [0.15, 0.2) is 5.03 Å². The lowest BCUT2D eigenvalue weighted by atomic mass is 10.1. The zero-order valence-corrected chi connectivity index (χ0v) is 14.7. The van der Waals surface area contributed by atoms with Gasteiger partial charge in [-0.05, 0) is 62.3 Å². The van der Waals surface area contributed by atoms with Crippen LogP contribution >= 0.6 is 0 Å². The van der Waals surface area contributed by atoms with E-state index in [1.165, 1.54) is 18.2 Å². The Balaban J connectivity index is 1.72. The number of nitrogens with zero attached hydrogens (tertiary/aromatic N) is 1. The van der Waals surface area contributed by atoms with Gasteiger partial charge in [0, 0.05) is 5.39 Å². The molecule has 0 radical (unpaired) electrons. The molecule has 8 heteroatoms. The van der Waals surface area contributed by atoms with Crippen molar-refractivity contribution in [1.29, 1.82) is 0 Å². The van der Waals surface area contributed by atoms with Crippen molar-refractivity contribution in [2.75, 3.05) is 13.1 Å². The van der Waals surface area contributed by atoms with Gasteiger partial charge in [0.25, 0.3) is 0 Å². The molecule has 0 atom stereocenters. The average Bonchev–Trinajstić information content (AvgIpc) is 3.06. The number of aromatic amines is 1. The summed E-state index contributed by atoms with van der Waals surface area (Å²) >= 11 is 0. The van der Waals surface area contributed by atoms with Crippen molar-refractivity contribution in [3.8, 4) is 5.75 Å². The van der Waals surface area contributed by atoms with Crippen molar-refractivity contribution in [3.05, 3.63) is 48.3 Å². The summed E-state index contributed by atoms with van der Waals surface area (Å²) in [5.74, 6) is -0.0117. The van der Waals surface area contributed by atoms with Crippen molar-refractivity contribution in [3.63, 3.8) is 0 Å². The highest BCUT2D eigenvalue weighted by Crippen LogP contribution is 2.30. The van der Waals surface area contributed by atoms with Crippen LogP contribution in [0.5, 0.6) is 5.75 Å². The van der Waals surface area contributed by atoms with E-state index in [2.05, 4.69) is 15.5 Å². The number of sulfone groups is 1. The van der Waals surface area contributed by atoms with E-state index in [1.54, 1.807) is 18.2 Å². The van der Waals surface area contributed by atoms with Crippen LogP contribution in [0.1, 0.15) is 12.8 Å². The molecule has 6 nitrogen and oxygen atoms in total. The predicted octanol–water partition coefficient (Wildman–Crippen LogP) is 2.67. The van der Waals surface area contributed by atoms with Gasteiger partial charge in [-0.3, -0.25) is 5.10 Å². The molecular weight excluding hydrogens is 357 g/mol. The first kappa shape index (κ1) is 17.0. The molecule has 0 unspecified atom stereocenters. The second kappa shape index (κ2) is 6.69. The smallest absolute Gasteiger partial charge is 0.226 e. The first-order valence-corrected chi connectivity index (χ1v) is 9.88.